The number of allylic oxidation sites excluding steroid dienone is 1. The average Bonchev–Trinajstić information content (AvgIpc) is 2.93. The van der Waals surface area contributed by atoms with Gasteiger partial charge in [-0.25, -0.2) is 9.59 Å². The van der Waals surface area contributed by atoms with Gasteiger partial charge in [0.1, 0.15) is 12.7 Å². The molecule has 204 valence electrons. The summed E-state index contributed by atoms with van der Waals surface area (Å²) in [6, 6.07) is 12.0. The predicted molar refractivity (Wildman–Crippen MR) is 151 cm³/mol. The third-order valence-corrected chi connectivity index (χ3v) is 6.65. The van der Waals surface area contributed by atoms with E-state index in [-0.39, 0.29) is 24.8 Å². The van der Waals surface area contributed by atoms with Crippen molar-refractivity contribution in [1.82, 2.24) is 0 Å². The van der Waals surface area contributed by atoms with E-state index < -0.39 is 5.97 Å². The van der Waals surface area contributed by atoms with Gasteiger partial charge in [0.15, 0.2) is 0 Å². The lowest BCUT2D eigenvalue weighted by Gasteiger charge is -2.28. The zero-order chi connectivity index (χ0) is 27.2. The quantitative estimate of drug-likeness (QED) is 0.0998. The van der Waals surface area contributed by atoms with Crippen molar-refractivity contribution in [2.75, 3.05) is 18.1 Å². The Morgan fingerprint density at radius 3 is 2.37 bits per heavy atom. The van der Waals surface area contributed by atoms with Crippen molar-refractivity contribution in [2.45, 2.75) is 76.6 Å². The van der Waals surface area contributed by atoms with E-state index in [0.29, 0.717) is 22.5 Å². The number of hydrogen-bond donors (Lipinski definition) is 2. The first-order valence-electron chi connectivity index (χ1n) is 13.5. The highest BCUT2D eigenvalue weighted by Gasteiger charge is 2.24. The van der Waals surface area contributed by atoms with Crippen LogP contribution in [0.15, 0.2) is 61.2 Å². The number of unbranched alkanes of at least 4 members (excludes halogenated alkanes) is 4. The Morgan fingerprint density at radius 2 is 1.63 bits per heavy atom. The molecule has 0 spiro atoms. The SMILES string of the molecule is C=CCCCCCCOC1CCC(OC(=O)c2ccc(C=CC(=O)OCc3cc(N)ccc3N)cc2)CC1. The molecule has 1 aliphatic carbocycles. The molecule has 0 amide bonds. The molecule has 0 radical (unpaired) electrons. The van der Waals surface area contributed by atoms with Crippen molar-refractivity contribution < 1.29 is 23.8 Å². The normalized spacial score (nSPS) is 17.3. The Morgan fingerprint density at radius 1 is 0.921 bits per heavy atom. The number of carbonyl (C=O) groups excluding carboxylic acids is 2. The molecule has 38 heavy (non-hydrogen) atoms. The maximum Gasteiger partial charge on any atom is 0.338 e. The van der Waals surface area contributed by atoms with Gasteiger partial charge in [0.25, 0.3) is 0 Å². The minimum atomic E-state index is -0.501. The van der Waals surface area contributed by atoms with E-state index >= 15 is 0 Å². The summed E-state index contributed by atoms with van der Waals surface area (Å²) in [6.45, 7) is 4.59. The van der Waals surface area contributed by atoms with Crippen LogP contribution in [0.25, 0.3) is 6.08 Å². The zero-order valence-electron chi connectivity index (χ0n) is 22.1. The van der Waals surface area contributed by atoms with Crippen LogP contribution in [0.4, 0.5) is 11.4 Å². The fourth-order valence-electron chi connectivity index (χ4n) is 4.37. The lowest BCUT2D eigenvalue weighted by atomic mass is 9.95. The number of nitrogen functional groups attached to an aromatic ring is 2. The fourth-order valence-corrected chi connectivity index (χ4v) is 4.37. The second kappa shape index (κ2) is 15.6. The molecular formula is C31H40N2O5. The first-order chi connectivity index (χ1) is 18.4. The standard InChI is InChI=1S/C31H40N2O5/c1-2-3-4-5-6-7-20-36-27-14-16-28(17-15-27)38-31(35)24-11-8-23(9-12-24)10-19-30(34)37-22-25-21-26(32)13-18-29(25)33/h2,8-13,18-19,21,27-28H,1,3-7,14-17,20,22,32-33H2. The summed E-state index contributed by atoms with van der Waals surface area (Å²) < 4.78 is 17.0. The van der Waals surface area contributed by atoms with E-state index in [9.17, 15) is 9.59 Å². The summed E-state index contributed by atoms with van der Waals surface area (Å²) in [5, 5.41) is 0. The number of hydrogen-bond acceptors (Lipinski definition) is 7. The molecule has 0 bridgehead atoms. The van der Waals surface area contributed by atoms with E-state index in [1.54, 1.807) is 48.5 Å². The van der Waals surface area contributed by atoms with Gasteiger partial charge in [-0.05, 0) is 86.9 Å². The number of rotatable bonds is 14. The molecule has 3 rings (SSSR count). The van der Waals surface area contributed by atoms with E-state index in [0.717, 1.165) is 50.7 Å². The molecule has 7 nitrogen and oxygen atoms in total. The molecule has 0 heterocycles. The molecule has 0 unspecified atom stereocenters. The van der Waals surface area contributed by atoms with Gasteiger partial charge >= 0.3 is 11.9 Å². The minimum Gasteiger partial charge on any atom is -0.459 e. The fraction of sp³-hybridized carbons (Fsp3) is 0.419. The Labute approximate surface area is 225 Å². The molecule has 2 aromatic carbocycles. The van der Waals surface area contributed by atoms with Crippen LogP contribution in [0.2, 0.25) is 0 Å². The molecule has 1 saturated carbocycles. The van der Waals surface area contributed by atoms with Gasteiger partial charge < -0.3 is 25.7 Å². The first-order valence-corrected chi connectivity index (χ1v) is 13.5. The Kier molecular flexibility index (Phi) is 11.9. The Bertz CT molecular complexity index is 1070. The van der Waals surface area contributed by atoms with Gasteiger partial charge in [-0.3, -0.25) is 0 Å². The molecule has 1 aliphatic rings. The lowest BCUT2D eigenvalue weighted by molar-refractivity contribution is -0.138. The molecule has 0 atom stereocenters. The summed E-state index contributed by atoms with van der Waals surface area (Å²) >= 11 is 0. The van der Waals surface area contributed by atoms with Crippen LogP contribution >= 0.6 is 0 Å². The number of nitrogens with two attached hydrogens (primary N) is 2. The number of benzene rings is 2. The van der Waals surface area contributed by atoms with Crippen molar-refractivity contribution in [3.8, 4) is 0 Å². The van der Waals surface area contributed by atoms with E-state index in [1.807, 2.05) is 6.08 Å². The summed E-state index contributed by atoms with van der Waals surface area (Å²) in [7, 11) is 0. The van der Waals surface area contributed by atoms with Gasteiger partial charge in [0.05, 0.1) is 11.7 Å². The third kappa shape index (κ3) is 10.1. The zero-order valence-corrected chi connectivity index (χ0v) is 22.1. The molecule has 7 heteroatoms. The van der Waals surface area contributed by atoms with Crippen LogP contribution in [0.5, 0.6) is 0 Å². The number of anilines is 2. The van der Waals surface area contributed by atoms with Crippen LogP contribution in [0.1, 0.15) is 79.3 Å². The highest BCUT2D eigenvalue weighted by atomic mass is 16.5. The van der Waals surface area contributed by atoms with E-state index in [2.05, 4.69) is 6.58 Å². The molecule has 0 saturated heterocycles. The number of carbonyl (C=O) groups is 2. The second-order valence-electron chi connectivity index (χ2n) is 9.69. The topological polar surface area (TPSA) is 114 Å². The highest BCUT2D eigenvalue weighted by Crippen LogP contribution is 2.25. The van der Waals surface area contributed by atoms with Crippen LogP contribution < -0.4 is 11.5 Å². The highest BCUT2D eigenvalue weighted by molar-refractivity contribution is 5.90. The molecule has 2 aromatic rings. The minimum absolute atomic E-state index is 0.0370. The lowest BCUT2D eigenvalue weighted by Crippen LogP contribution is -2.28. The van der Waals surface area contributed by atoms with Crippen molar-refractivity contribution in [3.05, 3.63) is 77.9 Å². The Balaban J connectivity index is 1.34. The third-order valence-electron chi connectivity index (χ3n) is 6.65. The molecule has 0 aromatic heterocycles. The van der Waals surface area contributed by atoms with Crippen molar-refractivity contribution in [3.63, 3.8) is 0 Å². The maximum absolute atomic E-state index is 12.6. The second-order valence-corrected chi connectivity index (χ2v) is 9.69. The van der Waals surface area contributed by atoms with Gasteiger partial charge in [0, 0.05) is 29.6 Å². The van der Waals surface area contributed by atoms with E-state index in [1.165, 1.54) is 25.3 Å². The summed E-state index contributed by atoms with van der Waals surface area (Å²) in [4.78, 5) is 24.7. The van der Waals surface area contributed by atoms with E-state index in [4.69, 9.17) is 25.7 Å². The van der Waals surface area contributed by atoms with Crippen LogP contribution in [0, 0.1) is 0 Å². The smallest absolute Gasteiger partial charge is 0.338 e. The van der Waals surface area contributed by atoms with Crippen LogP contribution in [-0.2, 0) is 25.6 Å². The largest absolute Gasteiger partial charge is 0.459 e. The predicted octanol–water partition coefficient (Wildman–Crippen LogP) is 6.23. The van der Waals surface area contributed by atoms with Crippen LogP contribution in [-0.4, -0.2) is 30.8 Å². The van der Waals surface area contributed by atoms with Crippen molar-refractivity contribution in [1.29, 1.82) is 0 Å². The molecule has 4 N–H and O–H groups in total. The van der Waals surface area contributed by atoms with Gasteiger partial charge in [-0.15, -0.1) is 6.58 Å². The number of esters is 2. The van der Waals surface area contributed by atoms with Gasteiger partial charge in [-0.2, -0.15) is 0 Å². The summed E-state index contributed by atoms with van der Waals surface area (Å²) in [6.07, 6.45) is 14.4. The maximum atomic E-state index is 12.6. The monoisotopic (exact) mass is 520 g/mol. The Hall–Kier alpha value is -3.58. The molecule has 1 fully saturated rings. The molecule has 0 aliphatic heterocycles. The average molecular weight is 521 g/mol. The van der Waals surface area contributed by atoms with Crippen molar-refractivity contribution in [2.24, 2.45) is 0 Å². The first kappa shape index (κ1) is 29.0. The number of ether oxygens (including phenoxy) is 3. The van der Waals surface area contributed by atoms with Gasteiger partial charge in [-0.1, -0.05) is 31.1 Å². The van der Waals surface area contributed by atoms with Crippen molar-refractivity contribution >= 4 is 29.4 Å². The van der Waals surface area contributed by atoms with Gasteiger partial charge in [0.2, 0.25) is 0 Å². The summed E-state index contributed by atoms with van der Waals surface area (Å²) in [5.74, 6) is -0.832. The van der Waals surface area contributed by atoms with Crippen LogP contribution in [0.3, 0.4) is 0 Å². The molecular weight excluding hydrogens is 480 g/mol. The summed E-state index contributed by atoms with van der Waals surface area (Å²) in [5.41, 5.74) is 14.6.